The highest BCUT2D eigenvalue weighted by Gasteiger charge is 2.11. The summed E-state index contributed by atoms with van der Waals surface area (Å²) in [6.45, 7) is 6.45. The van der Waals surface area contributed by atoms with Crippen LogP contribution in [-0.4, -0.2) is 11.5 Å². The molecule has 17 heavy (non-hydrogen) atoms. The molecule has 0 fully saturated rings. The predicted molar refractivity (Wildman–Crippen MR) is 78.4 cm³/mol. The molecule has 0 bridgehead atoms. The van der Waals surface area contributed by atoms with E-state index in [2.05, 4.69) is 25.3 Å². The maximum atomic E-state index is 6.12. The van der Waals surface area contributed by atoms with Crippen molar-refractivity contribution in [3.05, 3.63) is 34.3 Å². The molecule has 0 radical (unpaired) electrons. The molecule has 0 aliphatic heterocycles. The van der Waals surface area contributed by atoms with Gasteiger partial charge in [-0.15, -0.1) is 0 Å². The maximum Gasteiger partial charge on any atom is 0.0550 e. The first-order chi connectivity index (χ1) is 8.04. The lowest BCUT2D eigenvalue weighted by molar-refractivity contribution is 0.609. The van der Waals surface area contributed by atoms with Crippen LogP contribution in [0.5, 0.6) is 0 Å². The summed E-state index contributed by atoms with van der Waals surface area (Å²) in [7, 11) is 0. The van der Waals surface area contributed by atoms with E-state index in [1.807, 2.05) is 30.8 Å². The summed E-state index contributed by atoms with van der Waals surface area (Å²) in [6.07, 6.45) is 0. The van der Waals surface area contributed by atoms with Gasteiger partial charge in [0.05, 0.1) is 6.04 Å². The molecule has 1 atom stereocenters. The Morgan fingerprint density at radius 1 is 1.35 bits per heavy atom. The second kappa shape index (κ2) is 7.27. The zero-order valence-corrected chi connectivity index (χ0v) is 12.2. The Balaban J connectivity index is 2.62. The van der Waals surface area contributed by atoms with E-state index >= 15 is 0 Å². The second-order valence-corrected chi connectivity index (χ2v) is 6.14. The number of nitrogens with two attached hydrogens (primary N) is 1. The van der Waals surface area contributed by atoms with Crippen molar-refractivity contribution < 1.29 is 0 Å². The van der Waals surface area contributed by atoms with Crippen molar-refractivity contribution in [3.63, 3.8) is 0 Å². The standard InChI is InChI=1S/C13H21ClN2S/c1-9(2)7-17-8-13(16-15)11-5-4-10(3)12(14)6-11/h4-6,9,13,16H,7-8,15H2,1-3H3. The molecule has 1 aromatic rings. The van der Waals surface area contributed by atoms with Crippen LogP contribution in [0.25, 0.3) is 0 Å². The summed E-state index contributed by atoms with van der Waals surface area (Å²) >= 11 is 8.04. The van der Waals surface area contributed by atoms with Crippen molar-refractivity contribution in [2.24, 2.45) is 11.8 Å². The third-order valence-corrected chi connectivity index (χ3v) is 4.41. The molecular weight excluding hydrogens is 252 g/mol. The number of nitrogens with one attached hydrogen (secondary N) is 1. The van der Waals surface area contributed by atoms with Gasteiger partial charge < -0.3 is 0 Å². The largest absolute Gasteiger partial charge is 0.271 e. The van der Waals surface area contributed by atoms with Crippen molar-refractivity contribution in [1.29, 1.82) is 0 Å². The van der Waals surface area contributed by atoms with Gasteiger partial charge in [0.25, 0.3) is 0 Å². The molecule has 0 amide bonds. The minimum absolute atomic E-state index is 0.164. The van der Waals surface area contributed by atoms with E-state index in [1.54, 1.807) is 0 Å². The second-order valence-electron chi connectivity index (χ2n) is 4.66. The molecule has 0 heterocycles. The molecule has 0 aromatic heterocycles. The number of aryl methyl sites for hydroxylation is 1. The Morgan fingerprint density at radius 2 is 2.06 bits per heavy atom. The number of rotatable bonds is 6. The van der Waals surface area contributed by atoms with Crippen molar-refractivity contribution in [1.82, 2.24) is 5.43 Å². The number of halogens is 1. The average molecular weight is 273 g/mol. The van der Waals surface area contributed by atoms with E-state index in [9.17, 15) is 0 Å². The number of hydrogen-bond acceptors (Lipinski definition) is 3. The molecule has 1 rings (SSSR count). The summed E-state index contributed by atoms with van der Waals surface area (Å²) in [5, 5.41) is 0.802. The van der Waals surface area contributed by atoms with Crippen LogP contribution in [0, 0.1) is 12.8 Å². The number of hydrazine groups is 1. The highest BCUT2D eigenvalue weighted by atomic mass is 35.5. The van der Waals surface area contributed by atoms with Gasteiger partial charge in [-0.1, -0.05) is 37.6 Å². The van der Waals surface area contributed by atoms with Gasteiger partial charge in [-0.2, -0.15) is 11.8 Å². The molecular formula is C13H21ClN2S. The molecule has 4 heteroatoms. The molecule has 2 nitrogen and oxygen atoms in total. The molecule has 0 saturated carbocycles. The smallest absolute Gasteiger partial charge is 0.0550 e. The molecule has 96 valence electrons. The third kappa shape index (κ3) is 4.88. The Morgan fingerprint density at radius 3 is 2.59 bits per heavy atom. The topological polar surface area (TPSA) is 38.0 Å². The van der Waals surface area contributed by atoms with Crippen LogP contribution < -0.4 is 11.3 Å². The molecule has 0 spiro atoms. The monoisotopic (exact) mass is 272 g/mol. The van der Waals surface area contributed by atoms with Crippen molar-refractivity contribution in [2.45, 2.75) is 26.8 Å². The number of thioether (sulfide) groups is 1. The van der Waals surface area contributed by atoms with Crippen molar-refractivity contribution in [3.8, 4) is 0 Å². The quantitative estimate of drug-likeness (QED) is 0.614. The fourth-order valence-corrected chi connectivity index (χ4v) is 2.81. The third-order valence-electron chi connectivity index (χ3n) is 2.54. The van der Waals surface area contributed by atoms with Crippen LogP contribution in [0.3, 0.4) is 0 Å². The van der Waals surface area contributed by atoms with E-state index < -0.39 is 0 Å². The number of hydrogen-bond donors (Lipinski definition) is 2. The SMILES string of the molecule is Cc1ccc(C(CSCC(C)C)NN)cc1Cl. The minimum Gasteiger partial charge on any atom is -0.271 e. The van der Waals surface area contributed by atoms with Crippen LogP contribution in [0.2, 0.25) is 5.02 Å². The lowest BCUT2D eigenvalue weighted by atomic mass is 10.1. The highest BCUT2D eigenvalue weighted by Crippen LogP contribution is 2.24. The lowest BCUT2D eigenvalue weighted by Gasteiger charge is -2.17. The molecule has 0 aliphatic carbocycles. The van der Waals surface area contributed by atoms with Crippen LogP contribution in [0.15, 0.2) is 18.2 Å². The van der Waals surface area contributed by atoms with E-state index in [1.165, 1.54) is 0 Å². The molecule has 3 N–H and O–H groups in total. The zero-order valence-electron chi connectivity index (χ0n) is 10.7. The van der Waals surface area contributed by atoms with Gasteiger partial charge in [-0.05, 0) is 35.8 Å². The van der Waals surface area contributed by atoms with Gasteiger partial charge in [0.15, 0.2) is 0 Å². The van der Waals surface area contributed by atoms with Gasteiger partial charge in [-0.25, -0.2) is 0 Å². The number of benzene rings is 1. The van der Waals surface area contributed by atoms with E-state index in [0.717, 1.165) is 27.7 Å². The van der Waals surface area contributed by atoms with Gasteiger partial charge in [0, 0.05) is 10.8 Å². The van der Waals surface area contributed by atoms with Crippen molar-refractivity contribution in [2.75, 3.05) is 11.5 Å². The first-order valence-electron chi connectivity index (χ1n) is 5.84. The van der Waals surface area contributed by atoms with E-state index in [-0.39, 0.29) is 6.04 Å². The Hall–Kier alpha value is -0.220. The summed E-state index contributed by atoms with van der Waals surface area (Å²) in [6, 6.07) is 6.28. The summed E-state index contributed by atoms with van der Waals surface area (Å²) in [5.74, 6) is 8.43. The first-order valence-corrected chi connectivity index (χ1v) is 7.37. The van der Waals surface area contributed by atoms with Crippen LogP contribution in [0.4, 0.5) is 0 Å². The average Bonchev–Trinajstić information content (AvgIpc) is 2.28. The van der Waals surface area contributed by atoms with Gasteiger partial charge in [0.1, 0.15) is 0 Å². The Kier molecular flexibility index (Phi) is 6.34. The fourth-order valence-electron chi connectivity index (χ4n) is 1.49. The van der Waals surface area contributed by atoms with Crippen LogP contribution in [0.1, 0.15) is 31.0 Å². The van der Waals surface area contributed by atoms with Crippen LogP contribution in [-0.2, 0) is 0 Å². The Labute approximate surface area is 113 Å². The van der Waals surface area contributed by atoms with E-state index in [4.69, 9.17) is 17.4 Å². The molecule has 1 unspecified atom stereocenters. The van der Waals surface area contributed by atoms with Gasteiger partial charge in [0.2, 0.25) is 0 Å². The summed E-state index contributed by atoms with van der Waals surface area (Å²) in [5.41, 5.74) is 5.11. The first kappa shape index (κ1) is 14.8. The van der Waals surface area contributed by atoms with Crippen molar-refractivity contribution >= 4 is 23.4 Å². The van der Waals surface area contributed by atoms with Crippen LogP contribution >= 0.6 is 23.4 Å². The van der Waals surface area contributed by atoms with E-state index in [0.29, 0.717) is 5.92 Å². The molecule has 0 aliphatic rings. The zero-order chi connectivity index (χ0) is 12.8. The normalized spacial score (nSPS) is 13.1. The summed E-state index contributed by atoms with van der Waals surface area (Å²) < 4.78 is 0. The van der Waals surface area contributed by atoms with Gasteiger partial charge >= 0.3 is 0 Å². The lowest BCUT2D eigenvalue weighted by Crippen LogP contribution is -2.29. The minimum atomic E-state index is 0.164. The Bertz CT molecular complexity index is 355. The predicted octanol–water partition coefficient (Wildman–Crippen LogP) is 3.54. The fraction of sp³-hybridized carbons (Fsp3) is 0.538. The summed E-state index contributed by atoms with van der Waals surface area (Å²) in [4.78, 5) is 0. The highest BCUT2D eigenvalue weighted by molar-refractivity contribution is 7.99. The molecule has 0 saturated heterocycles. The van der Waals surface area contributed by atoms with Gasteiger partial charge in [-0.3, -0.25) is 11.3 Å². The maximum absolute atomic E-state index is 6.12. The molecule has 1 aromatic carbocycles.